The number of thioether (sulfide) groups is 1. The molecule has 3 rings (SSSR count). The zero-order valence-electron chi connectivity index (χ0n) is 18.3. The lowest BCUT2D eigenvalue weighted by molar-refractivity contribution is -0.138. The van der Waals surface area contributed by atoms with Crippen molar-refractivity contribution >= 4 is 46.4 Å². The van der Waals surface area contributed by atoms with Crippen LogP contribution in [0.15, 0.2) is 63.7 Å². The number of carbonyl (C=O) groups excluding carboxylic acids is 2. The maximum atomic E-state index is 12.7. The molecule has 2 aromatic carbocycles. The van der Waals surface area contributed by atoms with Gasteiger partial charge in [-0.2, -0.15) is 0 Å². The first-order chi connectivity index (χ1) is 16.4. The van der Waals surface area contributed by atoms with Crippen LogP contribution in [0.5, 0.6) is 11.5 Å². The molecule has 1 aliphatic rings. The van der Waals surface area contributed by atoms with Gasteiger partial charge in [-0.05, 0) is 55.0 Å². The first-order valence-corrected chi connectivity index (χ1v) is 11.2. The summed E-state index contributed by atoms with van der Waals surface area (Å²) in [4.78, 5) is 29.6. The molecule has 2 aromatic rings. The van der Waals surface area contributed by atoms with Gasteiger partial charge in [0.05, 0.1) is 23.6 Å². The molecule has 0 fully saturated rings. The van der Waals surface area contributed by atoms with Gasteiger partial charge in [-0.15, -0.1) is 6.42 Å². The fraction of sp³-hybridized carbons (Fsp3) is 0.160. The summed E-state index contributed by atoms with van der Waals surface area (Å²) in [7, 11) is 1.52. The number of esters is 1. The third-order valence-corrected chi connectivity index (χ3v) is 5.79. The summed E-state index contributed by atoms with van der Waals surface area (Å²) < 4.78 is 15.5. The molecule has 0 saturated heterocycles. The molecule has 0 spiro atoms. The van der Waals surface area contributed by atoms with E-state index in [9.17, 15) is 14.7 Å². The van der Waals surface area contributed by atoms with Gasteiger partial charge >= 0.3 is 5.97 Å². The monoisotopic (exact) mass is 497 g/mol. The van der Waals surface area contributed by atoms with Crippen LogP contribution in [0.25, 0.3) is 6.08 Å². The molecule has 0 radical (unpaired) electrons. The number of ether oxygens (including phenoxy) is 3. The second-order valence-corrected chi connectivity index (χ2v) is 8.13. The number of aliphatic imine (C=N–C) groups is 1. The van der Waals surface area contributed by atoms with Crippen LogP contribution in [0.3, 0.4) is 0 Å². The lowest BCUT2D eigenvalue weighted by Crippen LogP contribution is -2.14. The molecule has 1 N–H and O–H groups in total. The van der Waals surface area contributed by atoms with Crippen molar-refractivity contribution < 1.29 is 28.9 Å². The second kappa shape index (κ2) is 11.5. The molecule has 34 heavy (non-hydrogen) atoms. The Morgan fingerprint density at radius 2 is 1.97 bits per heavy atom. The summed E-state index contributed by atoms with van der Waals surface area (Å²) in [6.07, 6.45) is 6.80. The number of halogens is 1. The molecule has 0 atom stereocenters. The molecule has 1 aliphatic heterocycles. The minimum atomic E-state index is -0.784. The van der Waals surface area contributed by atoms with E-state index in [4.69, 9.17) is 32.2 Å². The zero-order chi connectivity index (χ0) is 24.7. The molecule has 174 valence electrons. The van der Waals surface area contributed by atoms with Gasteiger partial charge in [0.25, 0.3) is 5.91 Å². The molecule has 0 aliphatic carbocycles. The van der Waals surface area contributed by atoms with Gasteiger partial charge in [0, 0.05) is 5.56 Å². The summed E-state index contributed by atoms with van der Waals surface area (Å²) >= 11 is 7.21. The fourth-order valence-electron chi connectivity index (χ4n) is 2.88. The van der Waals surface area contributed by atoms with Gasteiger partial charge in [-0.25, -0.2) is 9.79 Å². The Hall–Kier alpha value is -3.67. The Morgan fingerprint density at radius 3 is 2.59 bits per heavy atom. The van der Waals surface area contributed by atoms with Crippen LogP contribution in [0, 0.1) is 12.3 Å². The van der Waals surface area contributed by atoms with Gasteiger partial charge in [0.2, 0.25) is 0 Å². The first kappa shape index (κ1) is 25.0. The highest BCUT2D eigenvalue weighted by molar-refractivity contribution is 8.18. The third-order valence-electron chi connectivity index (χ3n) is 4.48. The number of aliphatic hydroxyl groups is 1. The fourth-order valence-corrected chi connectivity index (χ4v) is 4.13. The second-order valence-electron chi connectivity index (χ2n) is 6.69. The van der Waals surface area contributed by atoms with Crippen molar-refractivity contribution in [2.45, 2.75) is 6.92 Å². The SMILES string of the molecule is C#CCOc1ccc(C=C2SC(=NC(=O)c3ccc(OC)cc3)C(C(=O)OCC)=C2O)cc1Cl. The molecule has 0 bridgehead atoms. The summed E-state index contributed by atoms with van der Waals surface area (Å²) in [6, 6.07) is 11.3. The molecule has 7 nitrogen and oxygen atoms in total. The van der Waals surface area contributed by atoms with E-state index in [0.29, 0.717) is 32.6 Å². The molecule has 0 aromatic heterocycles. The van der Waals surface area contributed by atoms with E-state index in [0.717, 1.165) is 11.8 Å². The maximum absolute atomic E-state index is 12.7. The molecule has 0 unspecified atom stereocenters. The molecular weight excluding hydrogens is 478 g/mol. The molecule has 1 heterocycles. The average Bonchev–Trinajstić information content (AvgIpc) is 3.13. The number of nitrogens with zero attached hydrogens (tertiary/aromatic N) is 1. The number of terminal acetylenes is 1. The van der Waals surface area contributed by atoms with Crippen molar-refractivity contribution in [2.24, 2.45) is 4.99 Å². The van der Waals surface area contributed by atoms with Crippen LogP contribution < -0.4 is 9.47 Å². The number of aliphatic hydroxyl groups excluding tert-OH is 1. The number of amides is 1. The predicted octanol–water partition coefficient (Wildman–Crippen LogP) is 5.06. The molecule has 0 saturated carbocycles. The number of hydrogen-bond acceptors (Lipinski definition) is 7. The summed E-state index contributed by atoms with van der Waals surface area (Å²) in [5, 5.41) is 11.1. The Labute approximate surface area is 206 Å². The van der Waals surface area contributed by atoms with E-state index >= 15 is 0 Å². The topological polar surface area (TPSA) is 94.4 Å². The average molecular weight is 498 g/mol. The van der Waals surface area contributed by atoms with Gasteiger partial charge in [0.15, 0.2) is 0 Å². The van der Waals surface area contributed by atoms with Gasteiger partial charge in [-0.3, -0.25) is 4.79 Å². The van der Waals surface area contributed by atoms with Crippen LogP contribution in [-0.4, -0.2) is 42.4 Å². The zero-order valence-corrected chi connectivity index (χ0v) is 19.9. The van der Waals surface area contributed by atoms with E-state index in [1.807, 2.05) is 0 Å². The van der Waals surface area contributed by atoms with Crippen molar-refractivity contribution in [3.8, 4) is 23.8 Å². The highest BCUT2D eigenvalue weighted by Gasteiger charge is 2.34. The standard InChI is InChI=1S/C25H20ClNO6S/c1-4-12-33-19-11-6-15(13-18(19)26)14-20-22(28)21(25(30)32-5-2)24(34-20)27-23(29)16-7-9-17(31-3)10-8-16/h1,6-11,13-14,28H,5,12H2,2-3H3. The number of carbonyl (C=O) groups is 2. The van der Waals surface area contributed by atoms with Crippen LogP contribution in [0.4, 0.5) is 0 Å². The van der Waals surface area contributed by atoms with E-state index in [1.165, 1.54) is 7.11 Å². The van der Waals surface area contributed by atoms with Crippen molar-refractivity contribution in [1.29, 1.82) is 0 Å². The van der Waals surface area contributed by atoms with Crippen molar-refractivity contribution in [2.75, 3.05) is 20.3 Å². The molecular formula is C25H20ClNO6S. The van der Waals surface area contributed by atoms with Crippen LogP contribution in [-0.2, 0) is 9.53 Å². The first-order valence-electron chi connectivity index (χ1n) is 10.0. The maximum Gasteiger partial charge on any atom is 0.344 e. The Morgan fingerprint density at radius 1 is 1.24 bits per heavy atom. The van der Waals surface area contributed by atoms with Crippen molar-refractivity contribution in [1.82, 2.24) is 0 Å². The normalized spacial score (nSPS) is 15.4. The lowest BCUT2D eigenvalue weighted by atomic mass is 10.1. The number of rotatable bonds is 7. The number of benzene rings is 2. The Bertz CT molecular complexity index is 1240. The number of hydrogen-bond donors (Lipinski definition) is 1. The van der Waals surface area contributed by atoms with Crippen LogP contribution in [0.2, 0.25) is 5.02 Å². The minimum absolute atomic E-state index is 0.0306. The Balaban J connectivity index is 1.95. The quantitative estimate of drug-likeness (QED) is 0.422. The minimum Gasteiger partial charge on any atom is -0.506 e. The van der Waals surface area contributed by atoms with Crippen LogP contribution >= 0.6 is 23.4 Å². The summed E-state index contributed by atoms with van der Waals surface area (Å²) in [5.74, 6) is 1.66. The molecule has 9 heteroatoms. The summed E-state index contributed by atoms with van der Waals surface area (Å²) in [5.41, 5.74) is 0.737. The van der Waals surface area contributed by atoms with Crippen molar-refractivity contribution in [3.05, 3.63) is 74.9 Å². The summed E-state index contributed by atoms with van der Waals surface area (Å²) in [6.45, 7) is 1.80. The molecule has 1 amide bonds. The highest BCUT2D eigenvalue weighted by Crippen LogP contribution is 2.40. The van der Waals surface area contributed by atoms with E-state index in [1.54, 1.807) is 55.5 Å². The van der Waals surface area contributed by atoms with Crippen molar-refractivity contribution in [3.63, 3.8) is 0 Å². The van der Waals surface area contributed by atoms with Gasteiger partial charge in [-0.1, -0.05) is 35.3 Å². The predicted molar refractivity (Wildman–Crippen MR) is 132 cm³/mol. The van der Waals surface area contributed by atoms with Gasteiger partial charge in [0.1, 0.15) is 34.5 Å². The largest absolute Gasteiger partial charge is 0.506 e. The number of methoxy groups -OCH3 is 1. The van der Waals surface area contributed by atoms with Crippen LogP contribution in [0.1, 0.15) is 22.8 Å². The lowest BCUT2D eigenvalue weighted by Gasteiger charge is -2.06. The van der Waals surface area contributed by atoms with E-state index in [2.05, 4.69) is 10.9 Å². The van der Waals surface area contributed by atoms with Gasteiger partial charge < -0.3 is 19.3 Å². The Kier molecular flexibility index (Phi) is 8.41. The van der Waals surface area contributed by atoms with E-state index < -0.39 is 11.9 Å². The third kappa shape index (κ3) is 5.81. The smallest absolute Gasteiger partial charge is 0.344 e. The highest BCUT2D eigenvalue weighted by atomic mass is 35.5. The van der Waals surface area contributed by atoms with E-state index in [-0.39, 0.29) is 29.6 Å².